The summed E-state index contributed by atoms with van der Waals surface area (Å²) in [6, 6.07) is 52.8. The van der Waals surface area contributed by atoms with Gasteiger partial charge < -0.3 is 18.8 Å². The molecule has 4 heteroatoms. The molecule has 0 fully saturated rings. The molecule has 0 amide bonds. The molecule has 0 saturated carbocycles. The van der Waals surface area contributed by atoms with Crippen LogP contribution in [-0.2, 0) is 5.41 Å². The molecule has 8 aromatic rings. The van der Waals surface area contributed by atoms with Crippen LogP contribution in [0.2, 0.25) is 0 Å². The van der Waals surface area contributed by atoms with Gasteiger partial charge in [-0.2, -0.15) is 0 Å². The van der Waals surface area contributed by atoms with Gasteiger partial charge in [0, 0.05) is 22.2 Å². The summed E-state index contributed by atoms with van der Waals surface area (Å²) in [6.45, 7) is 4.56. The third-order valence-electron chi connectivity index (χ3n) is 10.1. The lowest BCUT2D eigenvalue weighted by molar-refractivity contribution is 0.359. The van der Waals surface area contributed by atoms with E-state index in [0.29, 0.717) is 11.5 Å². The van der Waals surface area contributed by atoms with E-state index in [2.05, 4.69) is 140 Å². The second-order valence-corrected chi connectivity index (χ2v) is 13.4. The number of para-hydroxylation sites is 3. The van der Waals surface area contributed by atoms with E-state index >= 15 is 0 Å². The summed E-state index contributed by atoms with van der Waals surface area (Å²) < 4.78 is 19.7. The van der Waals surface area contributed by atoms with Gasteiger partial charge >= 0.3 is 0 Å². The van der Waals surface area contributed by atoms with Crippen molar-refractivity contribution in [2.75, 3.05) is 4.90 Å². The molecule has 0 bridgehead atoms. The smallest absolute Gasteiger partial charge is 0.170 e. The van der Waals surface area contributed by atoms with E-state index in [4.69, 9.17) is 13.9 Å². The molecule has 0 atom stereocenters. The fraction of sp³-hybridized carbons (Fsp3) is 0.0667. The molecule has 10 rings (SSSR count). The standard InChI is InChI=1S/C45H31NO3/c1-45(2)35-19-11-9-17-32(35)34-26-41-42(27-36(34)45)49-40-24-28(21-22-39(40)48-41)29-23-37(44-33-18-10-12-20-38(33)47-43(44)25-29)46(30-13-5-3-6-14-30)31-15-7-4-8-16-31/h3-27H,1-2H3. The van der Waals surface area contributed by atoms with E-state index < -0.39 is 0 Å². The highest BCUT2D eigenvalue weighted by Gasteiger charge is 2.37. The zero-order valence-corrected chi connectivity index (χ0v) is 27.1. The van der Waals surface area contributed by atoms with Gasteiger partial charge in [-0.1, -0.05) is 98.8 Å². The zero-order valence-electron chi connectivity index (χ0n) is 27.1. The monoisotopic (exact) mass is 633 g/mol. The second-order valence-electron chi connectivity index (χ2n) is 13.4. The van der Waals surface area contributed by atoms with Crippen molar-refractivity contribution >= 4 is 39.0 Å². The number of benzene rings is 7. The highest BCUT2D eigenvalue weighted by atomic mass is 16.6. The maximum absolute atomic E-state index is 6.65. The number of hydrogen-bond acceptors (Lipinski definition) is 4. The molecule has 0 saturated heterocycles. The van der Waals surface area contributed by atoms with Crippen LogP contribution < -0.4 is 14.4 Å². The van der Waals surface area contributed by atoms with Gasteiger partial charge in [0.25, 0.3) is 0 Å². The van der Waals surface area contributed by atoms with Crippen molar-refractivity contribution in [3.8, 4) is 45.3 Å². The van der Waals surface area contributed by atoms with Gasteiger partial charge in [-0.3, -0.25) is 0 Å². The third kappa shape index (κ3) is 4.24. The van der Waals surface area contributed by atoms with Gasteiger partial charge in [0.2, 0.25) is 0 Å². The second kappa shape index (κ2) is 10.4. The quantitative estimate of drug-likeness (QED) is 0.193. The molecule has 1 aliphatic carbocycles. The van der Waals surface area contributed by atoms with Crippen LogP contribution in [0.1, 0.15) is 25.0 Å². The van der Waals surface area contributed by atoms with Crippen LogP contribution in [0, 0.1) is 0 Å². The molecule has 49 heavy (non-hydrogen) atoms. The summed E-state index contributed by atoms with van der Waals surface area (Å²) in [5.74, 6) is 2.85. The van der Waals surface area contributed by atoms with Crippen LogP contribution in [0.3, 0.4) is 0 Å². The van der Waals surface area contributed by atoms with Gasteiger partial charge in [-0.15, -0.1) is 0 Å². The van der Waals surface area contributed by atoms with Crippen LogP contribution in [0.4, 0.5) is 17.1 Å². The van der Waals surface area contributed by atoms with Crippen LogP contribution >= 0.6 is 0 Å². The van der Waals surface area contributed by atoms with Crippen LogP contribution in [-0.4, -0.2) is 0 Å². The van der Waals surface area contributed by atoms with E-state index in [0.717, 1.165) is 61.6 Å². The Labute approximate surface area is 284 Å². The largest absolute Gasteiger partial charge is 0.456 e. The predicted octanol–water partition coefficient (Wildman–Crippen LogP) is 12.9. The highest BCUT2D eigenvalue weighted by molar-refractivity contribution is 6.14. The van der Waals surface area contributed by atoms with Crippen molar-refractivity contribution in [1.29, 1.82) is 0 Å². The molecule has 2 aliphatic rings. The van der Waals surface area contributed by atoms with E-state index in [-0.39, 0.29) is 5.41 Å². The Bertz CT molecular complexity index is 2540. The molecule has 1 aliphatic heterocycles. The highest BCUT2D eigenvalue weighted by Crippen LogP contribution is 2.55. The van der Waals surface area contributed by atoms with Crippen molar-refractivity contribution in [2.45, 2.75) is 19.3 Å². The molecule has 2 heterocycles. The van der Waals surface area contributed by atoms with Gasteiger partial charge in [-0.25, -0.2) is 0 Å². The van der Waals surface area contributed by atoms with Crippen LogP contribution in [0.15, 0.2) is 156 Å². The first-order chi connectivity index (χ1) is 24.0. The molecule has 234 valence electrons. The molecule has 1 aromatic heterocycles. The number of rotatable bonds is 4. The van der Waals surface area contributed by atoms with E-state index in [1.807, 2.05) is 30.3 Å². The fourth-order valence-corrected chi connectivity index (χ4v) is 7.71. The molecule has 4 nitrogen and oxygen atoms in total. The van der Waals surface area contributed by atoms with Crippen molar-refractivity contribution in [3.05, 3.63) is 163 Å². The van der Waals surface area contributed by atoms with Gasteiger partial charge in [0.1, 0.15) is 11.2 Å². The summed E-state index contributed by atoms with van der Waals surface area (Å²) in [5.41, 5.74) is 11.8. The Kier molecular flexibility index (Phi) is 5.89. The van der Waals surface area contributed by atoms with E-state index in [9.17, 15) is 0 Å². The van der Waals surface area contributed by atoms with E-state index in [1.165, 1.54) is 22.3 Å². The summed E-state index contributed by atoms with van der Waals surface area (Å²) in [6.07, 6.45) is 0. The van der Waals surface area contributed by atoms with Crippen molar-refractivity contribution in [3.63, 3.8) is 0 Å². The van der Waals surface area contributed by atoms with Crippen LogP contribution in [0.5, 0.6) is 23.0 Å². The first-order valence-electron chi connectivity index (χ1n) is 16.7. The minimum atomic E-state index is -0.131. The lowest BCUT2D eigenvalue weighted by Gasteiger charge is -2.27. The fourth-order valence-electron chi connectivity index (χ4n) is 7.71. The molecular formula is C45H31NO3. The third-order valence-corrected chi connectivity index (χ3v) is 10.1. The Balaban J connectivity index is 1.12. The zero-order chi connectivity index (χ0) is 32.7. The average molecular weight is 634 g/mol. The SMILES string of the molecule is CC1(C)c2ccccc2-c2cc3c(cc21)Oc1cc(-c2cc(N(c4ccccc4)c4ccccc4)c4c(c2)oc2ccccc24)ccc1O3. The Morgan fingerprint density at radius 3 is 1.92 bits per heavy atom. The number of hydrogen-bond donors (Lipinski definition) is 0. The van der Waals surface area contributed by atoms with Gasteiger partial charge in [0.15, 0.2) is 23.0 Å². The lowest BCUT2D eigenvalue weighted by Crippen LogP contribution is -2.15. The maximum Gasteiger partial charge on any atom is 0.170 e. The molecule has 0 N–H and O–H groups in total. The molecule has 0 unspecified atom stereocenters. The van der Waals surface area contributed by atoms with E-state index in [1.54, 1.807) is 0 Å². The number of fused-ring (bicyclic) bond motifs is 8. The predicted molar refractivity (Wildman–Crippen MR) is 198 cm³/mol. The first kappa shape index (κ1) is 27.8. The summed E-state index contributed by atoms with van der Waals surface area (Å²) in [5, 5.41) is 2.14. The molecule has 0 radical (unpaired) electrons. The summed E-state index contributed by atoms with van der Waals surface area (Å²) in [4.78, 5) is 2.31. The Morgan fingerprint density at radius 1 is 0.469 bits per heavy atom. The van der Waals surface area contributed by atoms with Gasteiger partial charge in [-0.05, 0) is 100 Å². The Morgan fingerprint density at radius 2 is 1.12 bits per heavy atom. The van der Waals surface area contributed by atoms with Crippen molar-refractivity contribution in [2.24, 2.45) is 0 Å². The minimum absolute atomic E-state index is 0.131. The number of anilines is 3. The maximum atomic E-state index is 6.65. The topological polar surface area (TPSA) is 34.8 Å². The Hall–Kier alpha value is -6.26. The molecular weight excluding hydrogens is 602 g/mol. The summed E-state index contributed by atoms with van der Waals surface area (Å²) >= 11 is 0. The number of nitrogens with zero attached hydrogens (tertiary/aromatic N) is 1. The van der Waals surface area contributed by atoms with Crippen LogP contribution in [0.25, 0.3) is 44.2 Å². The average Bonchev–Trinajstić information content (AvgIpc) is 3.62. The van der Waals surface area contributed by atoms with Crippen molar-refractivity contribution < 1.29 is 13.9 Å². The minimum Gasteiger partial charge on any atom is -0.456 e. The summed E-state index contributed by atoms with van der Waals surface area (Å²) in [7, 11) is 0. The van der Waals surface area contributed by atoms with Gasteiger partial charge in [0.05, 0.1) is 11.1 Å². The first-order valence-corrected chi connectivity index (χ1v) is 16.7. The van der Waals surface area contributed by atoms with Crippen molar-refractivity contribution in [1.82, 2.24) is 0 Å². The number of ether oxygens (including phenoxy) is 2. The normalized spacial score (nSPS) is 13.6. The number of furan rings is 1. The molecule has 0 spiro atoms. The molecule has 7 aromatic carbocycles. The lowest BCUT2D eigenvalue weighted by atomic mass is 9.82.